The molecule has 5 heteroatoms. The van der Waals surface area contributed by atoms with E-state index in [4.69, 9.17) is 4.42 Å². The van der Waals surface area contributed by atoms with Crippen molar-refractivity contribution in [3.8, 4) is 11.1 Å². The molecule has 0 amide bonds. The van der Waals surface area contributed by atoms with E-state index in [1.54, 1.807) is 0 Å². The van der Waals surface area contributed by atoms with Gasteiger partial charge in [-0.2, -0.15) is 0 Å². The van der Waals surface area contributed by atoms with Crippen molar-refractivity contribution in [1.29, 1.82) is 0 Å². The monoisotopic (exact) mass is 968 g/mol. The van der Waals surface area contributed by atoms with Crippen molar-refractivity contribution in [3.05, 3.63) is 186 Å². The second kappa shape index (κ2) is 16.0. The molecular formula is C69H70BN3O. The second-order valence-electron chi connectivity index (χ2n) is 25.8. The highest BCUT2D eigenvalue weighted by molar-refractivity contribution is 7.00. The third kappa shape index (κ3) is 6.87. The second-order valence-corrected chi connectivity index (χ2v) is 25.8. The summed E-state index contributed by atoms with van der Waals surface area (Å²) in [7, 11) is 0. The van der Waals surface area contributed by atoms with Crippen LogP contribution in [0, 0.1) is 6.92 Å². The molecule has 1 fully saturated rings. The Kier molecular flexibility index (Phi) is 10.1. The standard InChI is InChI=1S/C69H70BN3O/c1-43-36-60-64-61(37-43)72(56-30-24-45(65(2,3)4)38-51(56)44-20-14-13-15-21-44)59-42-49(73-57-31-25-46(66(5,6)7)39-53(57)68(11)34-18-19-35-69(68,73)12)27-29-54(59)70(64)55-40-47(67(8,9)10)26-32-58(55)71(60)48-28-33-63-52(41-48)50-22-16-17-23-62(50)74-63/h13-17,20-33,36-42H,18-19,34-35H2,1-12H3. The number of para-hydroxylation sites is 1. The Balaban J connectivity index is 1.12. The Bertz CT molecular complexity index is 3770. The van der Waals surface area contributed by atoms with Crippen molar-refractivity contribution in [3.63, 3.8) is 0 Å². The van der Waals surface area contributed by atoms with Crippen molar-refractivity contribution in [2.24, 2.45) is 0 Å². The summed E-state index contributed by atoms with van der Waals surface area (Å²) in [5.74, 6) is 0. The minimum absolute atomic E-state index is 0.000197. The molecular weight excluding hydrogens is 898 g/mol. The van der Waals surface area contributed by atoms with E-state index in [2.05, 4.69) is 256 Å². The van der Waals surface area contributed by atoms with Gasteiger partial charge in [0.05, 0.1) is 11.2 Å². The lowest BCUT2D eigenvalue weighted by atomic mass is 9.33. The number of hydrogen-bond donors (Lipinski definition) is 0. The van der Waals surface area contributed by atoms with E-state index >= 15 is 0 Å². The Hall–Kier alpha value is -6.98. The maximum Gasteiger partial charge on any atom is 0.252 e. The molecule has 0 radical (unpaired) electrons. The SMILES string of the molecule is Cc1cc2c3c(c1)N(c1ccc(C(C)(C)C)cc1-c1ccccc1)c1cc(N4c5ccc(C(C)(C)C)cc5C5(C)CCCCC45C)ccc1B3c1cc(C(C)(C)C)ccc1N2c1ccc2oc3ccccc3c2c1. The fraction of sp³-hybridized carbons (Fsp3) is 0.304. The van der Waals surface area contributed by atoms with Crippen LogP contribution in [-0.2, 0) is 21.7 Å². The number of anilines is 8. The van der Waals surface area contributed by atoms with Gasteiger partial charge in [-0.15, -0.1) is 0 Å². The van der Waals surface area contributed by atoms with Crippen molar-refractivity contribution in [1.82, 2.24) is 0 Å². The summed E-state index contributed by atoms with van der Waals surface area (Å²) in [6, 6.07) is 61.0. The summed E-state index contributed by atoms with van der Waals surface area (Å²) in [6.45, 7) is 28.5. The van der Waals surface area contributed by atoms with Crippen LogP contribution in [-0.4, -0.2) is 12.3 Å². The van der Waals surface area contributed by atoms with Crippen molar-refractivity contribution in [2.45, 2.75) is 136 Å². The Morgan fingerprint density at radius 3 is 1.81 bits per heavy atom. The summed E-state index contributed by atoms with van der Waals surface area (Å²) in [5, 5.41) is 2.26. The van der Waals surface area contributed by atoms with Crippen LogP contribution >= 0.6 is 0 Å². The molecule has 3 aliphatic heterocycles. The Morgan fingerprint density at radius 1 is 0.473 bits per heavy atom. The fourth-order valence-corrected chi connectivity index (χ4v) is 13.8. The number of rotatable bonds is 4. The highest BCUT2D eigenvalue weighted by Crippen LogP contribution is 2.62. The van der Waals surface area contributed by atoms with E-state index in [0.717, 1.165) is 34.0 Å². The lowest BCUT2D eigenvalue weighted by Crippen LogP contribution is -2.61. The van der Waals surface area contributed by atoms with Crippen LogP contribution in [0.1, 0.15) is 130 Å². The van der Waals surface area contributed by atoms with Gasteiger partial charge in [0, 0.05) is 61.6 Å². The first kappa shape index (κ1) is 46.8. The molecule has 1 aromatic heterocycles. The number of furan rings is 1. The molecule has 74 heavy (non-hydrogen) atoms. The molecule has 1 saturated carbocycles. The summed E-state index contributed by atoms with van der Waals surface area (Å²) in [6.07, 6.45) is 4.81. The van der Waals surface area contributed by atoms with E-state index in [1.165, 1.54) is 114 Å². The topological polar surface area (TPSA) is 22.9 Å². The zero-order valence-corrected chi connectivity index (χ0v) is 45.7. The average molecular weight is 968 g/mol. The smallest absolute Gasteiger partial charge is 0.252 e. The average Bonchev–Trinajstić information content (AvgIpc) is 3.88. The largest absolute Gasteiger partial charge is 0.456 e. The van der Waals surface area contributed by atoms with Gasteiger partial charge in [0.1, 0.15) is 11.2 Å². The fourth-order valence-electron chi connectivity index (χ4n) is 13.8. The van der Waals surface area contributed by atoms with Gasteiger partial charge in [-0.3, -0.25) is 0 Å². The first-order valence-electron chi connectivity index (χ1n) is 27.3. The molecule has 0 bridgehead atoms. The van der Waals surface area contributed by atoms with Crippen molar-refractivity contribution >= 4 is 90.5 Å². The summed E-state index contributed by atoms with van der Waals surface area (Å²) >= 11 is 0. The lowest BCUT2D eigenvalue weighted by Gasteiger charge is -2.51. The van der Waals surface area contributed by atoms with E-state index in [-0.39, 0.29) is 33.9 Å². The molecule has 0 N–H and O–H groups in total. The molecule has 1 aliphatic carbocycles. The number of hydrogen-bond acceptors (Lipinski definition) is 4. The molecule has 370 valence electrons. The Morgan fingerprint density at radius 2 is 1.08 bits per heavy atom. The number of nitrogens with zero attached hydrogens (tertiary/aromatic N) is 3. The van der Waals surface area contributed by atoms with Gasteiger partial charge in [-0.1, -0.05) is 167 Å². The molecule has 4 nitrogen and oxygen atoms in total. The van der Waals surface area contributed by atoms with Gasteiger partial charge in [-0.05, 0) is 165 Å². The van der Waals surface area contributed by atoms with Crippen LogP contribution in [0.4, 0.5) is 45.5 Å². The van der Waals surface area contributed by atoms with E-state index in [1.807, 2.05) is 0 Å². The van der Waals surface area contributed by atoms with Crippen LogP contribution in [0.5, 0.6) is 0 Å². The number of benzene rings is 8. The first-order chi connectivity index (χ1) is 35.2. The summed E-state index contributed by atoms with van der Waals surface area (Å²) in [5.41, 5.74) is 24.7. The minimum atomic E-state index is -0.107. The molecule has 4 heterocycles. The van der Waals surface area contributed by atoms with Gasteiger partial charge in [0.15, 0.2) is 0 Å². The lowest BCUT2D eigenvalue weighted by molar-refractivity contribution is 0.195. The zero-order chi connectivity index (χ0) is 51.4. The molecule has 0 saturated heterocycles. The quantitative estimate of drug-likeness (QED) is 0.164. The normalized spacial score (nSPS) is 19.1. The number of aryl methyl sites for hydroxylation is 1. The predicted molar refractivity (Wildman–Crippen MR) is 317 cm³/mol. The van der Waals surface area contributed by atoms with Gasteiger partial charge >= 0.3 is 0 Å². The molecule has 8 aromatic carbocycles. The first-order valence-corrected chi connectivity index (χ1v) is 27.3. The minimum Gasteiger partial charge on any atom is -0.456 e. The molecule has 0 spiro atoms. The van der Waals surface area contributed by atoms with E-state index in [9.17, 15) is 0 Å². The Labute approximate surface area is 440 Å². The molecule has 9 aromatic rings. The molecule has 2 unspecified atom stereocenters. The molecule has 13 rings (SSSR count). The maximum absolute atomic E-state index is 6.44. The van der Waals surface area contributed by atoms with Gasteiger partial charge in [-0.25, -0.2) is 0 Å². The number of fused-ring (bicyclic) bond motifs is 10. The summed E-state index contributed by atoms with van der Waals surface area (Å²) in [4.78, 5) is 8.01. The van der Waals surface area contributed by atoms with Gasteiger partial charge in [0.25, 0.3) is 6.71 Å². The highest BCUT2D eigenvalue weighted by atomic mass is 16.3. The van der Waals surface area contributed by atoms with Crippen LogP contribution in [0.2, 0.25) is 0 Å². The third-order valence-electron chi connectivity index (χ3n) is 18.1. The van der Waals surface area contributed by atoms with Gasteiger partial charge < -0.3 is 19.1 Å². The molecule has 4 aliphatic rings. The van der Waals surface area contributed by atoms with Crippen LogP contribution in [0.15, 0.2) is 162 Å². The highest BCUT2D eigenvalue weighted by Gasteiger charge is 2.58. The van der Waals surface area contributed by atoms with Crippen molar-refractivity contribution in [2.75, 3.05) is 14.7 Å². The maximum atomic E-state index is 6.44. The van der Waals surface area contributed by atoms with Gasteiger partial charge in [0.2, 0.25) is 0 Å². The zero-order valence-electron chi connectivity index (χ0n) is 45.7. The molecule has 2 atom stereocenters. The van der Waals surface area contributed by atoms with Crippen LogP contribution in [0.25, 0.3) is 33.1 Å². The van der Waals surface area contributed by atoms with Crippen LogP contribution in [0.3, 0.4) is 0 Å². The summed E-state index contributed by atoms with van der Waals surface area (Å²) < 4.78 is 6.44. The predicted octanol–water partition coefficient (Wildman–Crippen LogP) is 17.3. The third-order valence-corrected chi connectivity index (χ3v) is 18.1. The van der Waals surface area contributed by atoms with Crippen molar-refractivity contribution < 1.29 is 4.42 Å². The van der Waals surface area contributed by atoms with Crippen LogP contribution < -0.4 is 31.1 Å². The van der Waals surface area contributed by atoms with E-state index < -0.39 is 0 Å². The van der Waals surface area contributed by atoms with E-state index in [0.29, 0.717) is 0 Å².